The number of ketones is 1. The van der Waals surface area contributed by atoms with Gasteiger partial charge in [0.2, 0.25) is 0 Å². The molecule has 0 spiro atoms. The molecule has 6 heteroatoms. The lowest BCUT2D eigenvalue weighted by atomic mass is 10.0. The largest absolute Gasteiger partial charge is 0.364 e. The van der Waals surface area contributed by atoms with Crippen molar-refractivity contribution in [3.8, 4) is 0 Å². The molecule has 0 radical (unpaired) electrons. The molecule has 1 aliphatic rings. The monoisotopic (exact) mass is 291 g/mol. The molecule has 1 atom stereocenters. The highest BCUT2D eigenvalue weighted by Crippen LogP contribution is 2.32. The summed E-state index contributed by atoms with van der Waals surface area (Å²) in [6, 6.07) is 5.15. The van der Waals surface area contributed by atoms with Gasteiger partial charge in [-0.25, -0.2) is 0 Å². The first-order valence-electron chi connectivity index (χ1n) is 7.11. The first-order chi connectivity index (χ1) is 9.90. The molecule has 114 valence electrons. The summed E-state index contributed by atoms with van der Waals surface area (Å²) in [5.41, 5.74) is 1.00. The van der Waals surface area contributed by atoms with E-state index >= 15 is 0 Å². The molecule has 1 fully saturated rings. The zero-order valence-electron chi connectivity index (χ0n) is 12.7. The molecular formula is C15H21N3O3. The smallest absolute Gasteiger partial charge is 0.293 e. The number of nitro groups is 1. The Morgan fingerprint density at radius 2 is 2.14 bits per heavy atom. The van der Waals surface area contributed by atoms with E-state index in [1.165, 1.54) is 13.0 Å². The number of Topliss-reactive ketones (excluding diaryl/α,β-unsaturated/α-hetero) is 1. The van der Waals surface area contributed by atoms with Crippen LogP contribution in [0.2, 0.25) is 0 Å². The van der Waals surface area contributed by atoms with Gasteiger partial charge in [0.15, 0.2) is 5.78 Å². The number of piperidine rings is 1. The zero-order valence-corrected chi connectivity index (χ0v) is 12.7. The Morgan fingerprint density at radius 1 is 1.43 bits per heavy atom. The Kier molecular flexibility index (Phi) is 4.57. The molecule has 21 heavy (non-hydrogen) atoms. The summed E-state index contributed by atoms with van der Waals surface area (Å²) in [5, 5.41) is 11.3. The minimum atomic E-state index is -0.402. The second-order valence-electron chi connectivity index (χ2n) is 5.72. The minimum absolute atomic E-state index is 0.0158. The van der Waals surface area contributed by atoms with Crippen LogP contribution in [0.3, 0.4) is 0 Å². The van der Waals surface area contributed by atoms with Crippen LogP contribution in [0.15, 0.2) is 18.2 Å². The van der Waals surface area contributed by atoms with Crippen molar-refractivity contribution in [2.75, 3.05) is 32.1 Å². The van der Waals surface area contributed by atoms with Gasteiger partial charge in [-0.05, 0) is 46.0 Å². The van der Waals surface area contributed by atoms with Crippen LogP contribution in [0, 0.1) is 10.1 Å². The molecular weight excluding hydrogens is 270 g/mol. The maximum atomic E-state index is 11.4. The summed E-state index contributed by atoms with van der Waals surface area (Å²) < 4.78 is 0. The molecule has 0 bridgehead atoms. The van der Waals surface area contributed by atoms with Crippen molar-refractivity contribution in [3.63, 3.8) is 0 Å². The topological polar surface area (TPSA) is 66.7 Å². The second kappa shape index (κ2) is 6.22. The van der Waals surface area contributed by atoms with Gasteiger partial charge in [0.05, 0.1) is 4.92 Å². The van der Waals surface area contributed by atoms with Crippen LogP contribution in [0.25, 0.3) is 0 Å². The second-order valence-corrected chi connectivity index (χ2v) is 5.72. The average Bonchev–Trinajstić information content (AvgIpc) is 2.46. The number of anilines is 1. The van der Waals surface area contributed by atoms with Crippen LogP contribution in [-0.4, -0.2) is 48.8 Å². The van der Waals surface area contributed by atoms with Crippen molar-refractivity contribution in [3.05, 3.63) is 33.9 Å². The summed E-state index contributed by atoms with van der Waals surface area (Å²) in [6.07, 6.45) is 2.11. The number of hydrogen-bond donors (Lipinski definition) is 0. The van der Waals surface area contributed by atoms with Gasteiger partial charge in [-0.2, -0.15) is 0 Å². The summed E-state index contributed by atoms with van der Waals surface area (Å²) in [4.78, 5) is 26.5. The van der Waals surface area contributed by atoms with Gasteiger partial charge in [-0.1, -0.05) is 0 Å². The highest BCUT2D eigenvalue weighted by molar-refractivity contribution is 5.95. The van der Waals surface area contributed by atoms with E-state index in [2.05, 4.69) is 9.80 Å². The Labute approximate surface area is 124 Å². The van der Waals surface area contributed by atoms with Gasteiger partial charge >= 0.3 is 0 Å². The highest BCUT2D eigenvalue weighted by Gasteiger charge is 2.27. The normalized spacial score (nSPS) is 18.9. The molecule has 2 rings (SSSR count). The van der Waals surface area contributed by atoms with Crippen molar-refractivity contribution < 1.29 is 9.72 Å². The minimum Gasteiger partial charge on any atom is -0.364 e. The molecule has 0 N–H and O–H groups in total. The third-order valence-electron chi connectivity index (χ3n) is 4.05. The van der Waals surface area contributed by atoms with Crippen molar-refractivity contribution >= 4 is 17.2 Å². The van der Waals surface area contributed by atoms with E-state index < -0.39 is 4.92 Å². The van der Waals surface area contributed by atoms with Crippen LogP contribution in [0.5, 0.6) is 0 Å². The number of hydrogen-bond acceptors (Lipinski definition) is 5. The standard InChI is InChI=1S/C15H21N3O3/c1-11(19)12-6-7-14(15(9-12)18(20)21)17-8-4-5-13(10-17)16(2)3/h6-7,9,13H,4-5,8,10H2,1-3H3. The molecule has 1 aromatic carbocycles. The summed E-state index contributed by atoms with van der Waals surface area (Å²) in [7, 11) is 4.06. The molecule has 1 saturated heterocycles. The predicted molar refractivity (Wildman–Crippen MR) is 82.0 cm³/mol. The number of carbonyl (C=O) groups is 1. The highest BCUT2D eigenvalue weighted by atomic mass is 16.6. The molecule has 0 saturated carbocycles. The first kappa shape index (κ1) is 15.4. The lowest BCUT2D eigenvalue weighted by Crippen LogP contribution is -2.45. The molecule has 0 amide bonds. The van der Waals surface area contributed by atoms with Crippen LogP contribution in [0.1, 0.15) is 30.1 Å². The fourth-order valence-electron chi connectivity index (χ4n) is 2.75. The molecule has 0 aliphatic carbocycles. The van der Waals surface area contributed by atoms with Crippen LogP contribution < -0.4 is 4.90 Å². The number of rotatable bonds is 4. The first-order valence-corrected chi connectivity index (χ1v) is 7.11. The van der Waals surface area contributed by atoms with Crippen LogP contribution in [0.4, 0.5) is 11.4 Å². The molecule has 1 heterocycles. The van der Waals surface area contributed by atoms with Gasteiger partial charge in [-0.15, -0.1) is 0 Å². The fraction of sp³-hybridized carbons (Fsp3) is 0.533. The van der Waals surface area contributed by atoms with Gasteiger partial charge < -0.3 is 9.80 Å². The lowest BCUT2D eigenvalue weighted by molar-refractivity contribution is -0.384. The molecule has 1 aromatic rings. The predicted octanol–water partition coefficient (Wildman–Crippen LogP) is 2.33. The Morgan fingerprint density at radius 3 is 2.71 bits per heavy atom. The van der Waals surface area contributed by atoms with Gasteiger partial charge in [0.25, 0.3) is 5.69 Å². The van der Waals surface area contributed by atoms with Gasteiger partial charge in [0.1, 0.15) is 5.69 Å². The van der Waals surface area contributed by atoms with E-state index in [0.29, 0.717) is 17.3 Å². The maximum Gasteiger partial charge on any atom is 0.293 e. The number of likely N-dealkylation sites (N-methyl/N-ethyl adjacent to an activating group) is 1. The Balaban J connectivity index is 2.34. The van der Waals surface area contributed by atoms with E-state index in [9.17, 15) is 14.9 Å². The maximum absolute atomic E-state index is 11.4. The lowest BCUT2D eigenvalue weighted by Gasteiger charge is -2.37. The number of carbonyl (C=O) groups excluding carboxylic acids is 1. The van der Waals surface area contributed by atoms with Gasteiger partial charge in [-0.3, -0.25) is 14.9 Å². The van der Waals surface area contributed by atoms with E-state index in [1.54, 1.807) is 12.1 Å². The van der Waals surface area contributed by atoms with E-state index in [-0.39, 0.29) is 11.5 Å². The third-order valence-corrected chi connectivity index (χ3v) is 4.05. The zero-order chi connectivity index (χ0) is 15.6. The van der Waals surface area contributed by atoms with Crippen molar-refractivity contribution in [2.45, 2.75) is 25.8 Å². The van der Waals surface area contributed by atoms with Crippen molar-refractivity contribution in [1.82, 2.24) is 4.90 Å². The number of nitrogens with zero attached hydrogens (tertiary/aromatic N) is 3. The molecule has 1 aliphatic heterocycles. The summed E-state index contributed by atoms with van der Waals surface area (Å²) in [6.45, 7) is 3.00. The molecule has 1 unspecified atom stereocenters. The SMILES string of the molecule is CC(=O)c1ccc(N2CCCC(N(C)C)C2)c([N+](=O)[O-])c1. The fourth-order valence-corrected chi connectivity index (χ4v) is 2.75. The molecule has 6 nitrogen and oxygen atoms in total. The summed E-state index contributed by atoms with van der Waals surface area (Å²) >= 11 is 0. The summed E-state index contributed by atoms with van der Waals surface area (Å²) in [5.74, 6) is -0.158. The number of nitro benzene ring substituents is 1. The third kappa shape index (κ3) is 3.39. The van der Waals surface area contributed by atoms with E-state index in [1.807, 2.05) is 14.1 Å². The van der Waals surface area contributed by atoms with E-state index in [4.69, 9.17) is 0 Å². The van der Waals surface area contributed by atoms with E-state index in [0.717, 1.165) is 25.9 Å². The molecule has 0 aromatic heterocycles. The quantitative estimate of drug-likeness (QED) is 0.484. The van der Waals surface area contributed by atoms with Crippen LogP contribution >= 0.6 is 0 Å². The average molecular weight is 291 g/mol. The van der Waals surface area contributed by atoms with Crippen molar-refractivity contribution in [1.29, 1.82) is 0 Å². The van der Waals surface area contributed by atoms with Gasteiger partial charge in [0, 0.05) is 30.8 Å². The Bertz CT molecular complexity index is 557. The van der Waals surface area contributed by atoms with Crippen molar-refractivity contribution in [2.24, 2.45) is 0 Å². The van der Waals surface area contributed by atoms with Crippen LogP contribution in [-0.2, 0) is 0 Å². The Hall–Kier alpha value is -1.95. The number of benzene rings is 1.